The van der Waals surface area contributed by atoms with Crippen LogP contribution in [0.25, 0.3) is 22.5 Å². The molecular formula is C27H23N7O4. The van der Waals surface area contributed by atoms with Crippen LogP contribution in [-0.2, 0) is 11.3 Å². The first-order valence-corrected chi connectivity index (χ1v) is 11.8. The Bertz CT molecular complexity index is 1610. The van der Waals surface area contributed by atoms with Crippen LogP contribution >= 0.6 is 0 Å². The topological polar surface area (TPSA) is 158 Å². The van der Waals surface area contributed by atoms with Crippen LogP contribution in [-0.4, -0.2) is 43.9 Å². The number of nitrogens with zero attached hydrogens (tertiary/aromatic N) is 4. The highest BCUT2D eigenvalue weighted by atomic mass is 16.4. The summed E-state index contributed by atoms with van der Waals surface area (Å²) in [4.78, 5) is 41.3. The highest BCUT2D eigenvalue weighted by molar-refractivity contribution is 6.01. The Morgan fingerprint density at radius 3 is 2.39 bits per heavy atom. The van der Waals surface area contributed by atoms with Crippen LogP contribution < -0.4 is 16.4 Å². The largest absolute Gasteiger partial charge is 0.412 e. The molecule has 0 atom stereocenters. The molecule has 0 fully saturated rings. The quantitative estimate of drug-likeness (QED) is 0.241. The molecule has 5 rings (SSSR count). The van der Waals surface area contributed by atoms with Gasteiger partial charge >= 0.3 is 11.8 Å². The molecule has 4 N–H and O–H groups in total. The van der Waals surface area contributed by atoms with E-state index in [0.717, 1.165) is 0 Å². The molecule has 0 aliphatic heterocycles. The molecule has 0 aliphatic carbocycles. The molecule has 3 aromatic carbocycles. The van der Waals surface area contributed by atoms with Gasteiger partial charge in [-0.25, -0.2) is 4.98 Å². The van der Waals surface area contributed by atoms with Crippen LogP contribution in [0, 0.1) is 0 Å². The number of amides is 2. The lowest BCUT2D eigenvalue weighted by Crippen LogP contribution is -2.19. The van der Waals surface area contributed by atoms with E-state index in [2.05, 4.69) is 25.8 Å². The Morgan fingerprint density at radius 1 is 0.921 bits per heavy atom. The van der Waals surface area contributed by atoms with Crippen LogP contribution in [0.1, 0.15) is 27.5 Å². The van der Waals surface area contributed by atoms with E-state index in [-0.39, 0.29) is 43.0 Å². The van der Waals surface area contributed by atoms with Crippen molar-refractivity contribution in [2.75, 3.05) is 17.2 Å². The lowest BCUT2D eigenvalue weighted by atomic mass is 10.1. The second-order valence-electron chi connectivity index (χ2n) is 8.38. The second kappa shape index (κ2) is 10.7. The van der Waals surface area contributed by atoms with Gasteiger partial charge in [0.25, 0.3) is 0 Å². The number of ketones is 1. The molecule has 0 spiro atoms. The maximum Gasteiger partial charge on any atom is 0.315 e. The van der Waals surface area contributed by atoms with Crippen molar-refractivity contribution >= 4 is 40.3 Å². The summed E-state index contributed by atoms with van der Waals surface area (Å²) in [6.07, 6.45) is 0.0403. The molecule has 0 radical (unpaired) electrons. The number of aromatic nitrogens is 4. The highest BCUT2D eigenvalue weighted by Gasteiger charge is 2.20. The summed E-state index contributed by atoms with van der Waals surface area (Å²) in [5.74, 6) is -1.05. The highest BCUT2D eigenvalue weighted by Crippen LogP contribution is 2.25. The van der Waals surface area contributed by atoms with E-state index in [1.54, 1.807) is 47.0 Å². The number of anilines is 2. The minimum atomic E-state index is -0.651. The molecule has 190 valence electrons. The number of carbonyl (C=O) groups excluding carboxylic acids is 3. The Labute approximate surface area is 216 Å². The molecule has 2 amide bonds. The summed E-state index contributed by atoms with van der Waals surface area (Å²) < 4.78 is 7.21. The number of rotatable bonds is 10. The van der Waals surface area contributed by atoms with Gasteiger partial charge in [0.05, 0.1) is 17.6 Å². The third-order valence-corrected chi connectivity index (χ3v) is 5.74. The number of primary amides is 1. The van der Waals surface area contributed by atoms with Gasteiger partial charge in [-0.2, -0.15) is 0 Å². The molecule has 11 nitrogen and oxygen atoms in total. The first-order chi connectivity index (χ1) is 18.5. The molecule has 0 saturated heterocycles. The number of aryl methyl sites for hydroxylation is 1. The summed E-state index contributed by atoms with van der Waals surface area (Å²) >= 11 is 0. The van der Waals surface area contributed by atoms with E-state index in [9.17, 15) is 14.4 Å². The van der Waals surface area contributed by atoms with Crippen molar-refractivity contribution < 1.29 is 18.8 Å². The van der Waals surface area contributed by atoms with Crippen molar-refractivity contribution in [1.29, 1.82) is 0 Å². The average Bonchev–Trinajstić information content (AvgIpc) is 3.56. The number of hydrogen-bond acceptors (Lipinski definition) is 8. The molecule has 11 heteroatoms. The van der Waals surface area contributed by atoms with Gasteiger partial charge in [0, 0.05) is 29.8 Å². The minimum absolute atomic E-state index is 0.0403. The normalized spacial score (nSPS) is 10.8. The third-order valence-electron chi connectivity index (χ3n) is 5.74. The van der Waals surface area contributed by atoms with Crippen LogP contribution in [0.15, 0.2) is 83.3 Å². The maximum absolute atomic E-state index is 12.9. The fraction of sp³-hybridized carbons (Fsp3) is 0.111. The predicted molar refractivity (Wildman–Crippen MR) is 140 cm³/mol. The van der Waals surface area contributed by atoms with Gasteiger partial charge in [0.2, 0.25) is 17.7 Å². The molecule has 0 unspecified atom stereocenters. The fourth-order valence-electron chi connectivity index (χ4n) is 3.86. The van der Waals surface area contributed by atoms with Crippen LogP contribution in [0.3, 0.4) is 0 Å². The number of nitrogens with one attached hydrogen (secondary N) is 2. The van der Waals surface area contributed by atoms with Crippen molar-refractivity contribution in [1.82, 2.24) is 19.7 Å². The van der Waals surface area contributed by atoms with E-state index in [0.29, 0.717) is 27.8 Å². The van der Waals surface area contributed by atoms with Crippen molar-refractivity contribution in [3.05, 3.63) is 90.3 Å². The number of imidazole rings is 1. The van der Waals surface area contributed by atoms with Crippen LogP contribution in [0.5, 0.6) is 0 Å². The van der Waals surface area contributed by atoms with E-state index in [4.69, 9.17) is 10.2 Å². The third kappa shape index (κ3) is 5.41. The van der Waals surface area contributed by atoms with E-state index < -0.39 is 11.8 Å². The number of fused-ring (bicyclic) bond motifs is 1. The van der Waals surface area contributed by atoms with Gasteiger partial charge in [0.15, 0.2) is 5.78 Å². The van der Waals surface area contributed by atoms with Gasteiger partial charge in [0.1, 0.15) is 0 Å². The molecule has 2 aromatic heterocycles. The number of benzene rings is 3. The summed E-state index contributed by atoms with van der Waals surface area (Å²) in [6, 6.07) is 23.4. The zero-order chi connectivity index (χ0) is 26.5. The molecular weight excluding hydrogens is 486 g/mol. The monoisotopic (exact) mass is 509 g/mol. The van der Waals surface area contributed by atoms with E-state index >= 15 is 0 Å². The van der Waals surface area contributed by atoms with Gasteiger partial charge in [-0.05, 0) is 30.3 Å². The number of carbonyl (C=O) groups is 3. The molecule has 0 saturated carbocycles. The van der Waals surface area contributed by atoms with Crippen molar-refractivity contribution in [3.63, 3.8) is 0 Å². The molecule has 0 aliphatic rings. The predicted octanol–water partition coefficient (Wildman–Crippen LogP) is 3.51. The van der Waals surface area contributed by atoms with Crippen LogP contribution in [0.4, 0.5) is 11.6 Å². The average molecular weight is 510 g/mol. The minimum Gasteiger partial charge on any atom is -0.412 e. The van der Waals surface area contributed by atoms with Crippen molar-refractivity contribution in [3.8, 4) is 11.5 Å². The van der Waals surface area contributed by atoms with Gasteiger partial charge in [-0.1, -0.05) is 48.5 Å². The molecule has 2 heterocycles. The second-order valence-corrected chi connectivity index (χ2v) is 8.38. The Balaban J connectivity index is 1.37. The Hall–Kier alpha value is -5.32. The summed E-state index contributed by atoms with van der Waals surface area (Å²) in [7, 11) is 0. The standard InChI is InChI=1S/C27H23N7O4/c28-23(36)13-14-34-21-12-11-19(29-16-22(35)17-7-3-1-4-8-17)15-20(21)30-27(34)31-24(37)26-33-32-25(38-26)18-9-5-2-6-10-18/h1-12,15,29H,13-14,16H2,(H2,28,36)(H,30,31,37). The number of nitrogens with two attached hydrogens (primary N) is 1. The number of Topliss-reactive ketones (excluding diaryl/α,β-unsaturated/α-hetero) is 1. The Kier molecular flexibility index (Phi) is 6.89. The fourth-order valence-corrected chi connectivity index (χ4v) is 3.86. The zero-order valence-corrected chi connectivity index (χ0v) is 20.1. The summed E-state index contributed by atoms with van der Waals surface area (Å²) in [5.41, 5.74) is 8.52. The summed E-state index contributed by atoms with van der Waals surface area (Å²) in [6.45, 7) is 0.294. The van der Waals surface area contributed by atoms with E-state index in [1.165, 1.54) is 0 Å². The van der Waals surface area contributed by atoms with Crippen molar-refractivity contribution in [2.45, 2.75) is 13.0 Å². The first-order valence-electron chi connectivity index (χ1n) is 11.8. The number of hydrogen-bond donors (Lipinski definition) is 3. The van der Waals surface area contributed by atoms with Crippen molar-refractivity contribution in [2.24, 2.45) is 5.73 Å². The van der Waals surface area contributed by atoms with Crippen LogP contribution in [0.2, 0.25) is 0 Å². The lowest BCUT2D eigenvalue weighted by Gasteiger charge is -2.09. The van der Waals surface area contributed by atoms with Gasteiger partial charge in [-0.3, -0.25) is 19.7 Å². The smallest absolute Gasteiger partial charge is 0.315 e. The zero-order valence-electron chi connectivity index (χ0n) is 20.1. The van der Waals surface area contributed by atoms with Gasteiger partial charge in [-0.15, -0.1) is 10.2 Å². The molecule has 5 aromatic rings. The SMILES string of the molecule is NC(=O)CCn1c(NC(=O)c2nnc(-c3ccccc3)o2)nc2cc(NCC(=O)c3ccccc3)ccc21. The Morgan fingerprint density at radius 2 is 1.66 bits per heavy atom. The molecule has 38 heavy (non-hydrogen) atoms. The van der Waals surface area contributed by atoms with Gasteiger partial charge < -0.3 is 20.0 Å². The maximum atomic E-state index is 12.9. The molecule has 0 bridgehead atoms. The van der Waals surface area contributed by atoms with E-state index in [1.807, 2.05) is 36.4 Å². The lowest BCUT2D eigenvalue weighted by molar-refractivity contribution is -0.118. The summed E-state index contributed by atoms with van der Waals surface area (Å²) in [5, 5.41) is 13.6. The first kappa shape index (κ1) is 24.4.